The average Bonchev–Trinajstić information content (AvgIpc) is 2.56. The lowest BCUT2D eigenvalue weighted by atomic mass is 10.1. The Morgan fingerprint density at radius 2 is 1.81 bits per heavy atom. The van der Waals surface area contributed by atoms with Crippen LogP contribution in [0.2, 0.25) is 0 Å². The van der Waals surface area contributed by atoms with Gasteiger partial charge in [0.2, 0.25) is 0 Å². The van der Waals surface area contributed by atoms with Gasteiger partial charge in [0.25, 0.3) is 11.6 Å². The van der Waals surface area contributed by atoms with Gasteiger partial charge < -0.3 is 10.4 Å². The lowest BCUT2D eigenvalue weighted by molar-refractivity contribution is -0.385. The molecule has 0 spiro atoms. The number of nitro groups is 1. The molecule has 0 saturated heterocycles. The second kappa shape index (κ2) is 7.75. The topological polar surface area (TPSA) is 104 Å². The number of aryl methyl sites for hydroxylation is 2. The van der Waals surface area contributed by atoms with Crippen LogP contribution in [0.15, 0.2) is 43.0 Å². The van der Waals surface area contributed by atoms with Crippen molar-refractivity contribution in [3.63, 3.8) is 0 Å². The van der Waals surface area contributed by atoms with Gasteiger partial charge in [-0.2, -0.15) is 0 Å². The highest BCUT2D eigenvalue weighted by Crippen LogP contribution is 2.21. The van der Waals surface area contributed by atoms with Gasteiger partial charge in [-0.25, -0.2) is 0 Å². The minimum absolute atomic E-state index is 0.0566. The van der Waals surface area contributed by atoms with E-state index >= 15 is 0 Å². The smallest absolute Gasteiger partial charge is 0.272 e. The lowest BCUT2D eigenvalue weighted by Crippen LogP contribution is -2.34. The van der Waals surface area contributed by atoms with Crippen molar-refractivity contribution < 1.29 is 14.8 Å². The standard InChI is InChI=1S/C18H17N3O4S/c1-10-4-5-13(12(3)22)9-15(10)19-18(26)20-17(23)14-6-7-16(21(24)25)11(2)8-14/h4-9,22H,3H2,1-2H3,(H2,19,20,23,26). The Morgan fingerprint density at radius 3 is 2.38 bits per heavy atom. The summed E-state index contributed by atoms with van der Waals surface area (Å²) < 4.78 is 0. The van der Waals surface area contributed by atoms with Crippen molar-refractivity contribution in [1.82, 2.24) is 5.32 Å². The summed E-state index contributed by atoms with van der Waals surface area (Å²) in [7, 11) is 0. The van der Waals surface area contributed by atoms with E-state index in [1.165, 1.54) is 18.2 Å². The molecule has 0 saturated carbocycles. The summed E-state index contributed by atoms with van der Waals surface area (Å²) in [5, 5.41) is 25.8. The van der Waals surface area contributed by atoms with E-state index in [0.29, 0.717) is 16.8 Å². The van der Waals surface area contributed by atoms with E-state index in [1.54, 1.807) is 25.1 Å². The molecule has 0 aliphatic carbocycles. The van der Waals surface area contributed by atoms with Crippen molar-refractivity contribution in [3.05, 3.63) is 75.3 Å². The number of rotatable bonds is 4. The highest BCUT2D eigenvalue weighted by molar-refractivity contribution is 7.80. The highest BCUT2D eigenvalue weighted by atomic mass is 32.1. The Labute approximate surface area is 155 Å². The number of nitro benzene ring substituents is 1. The summed E-state index contributed by atoms with van der Waals surface area (Å²) in [5.74, 6) is -0.565. The van der Waals surface area contributed by atoms with Gasteiger partial charge in [-0.1, -0.05) is 18.7 Å². The van der Waals surface area contributed by atoms with Crippen molar-refractivity contribution in [2.24, 2.45) is 0 Å². The molecule has 2 aromatic rings. The second-order valence-corrected chi connectivity index (χ2v) is 6.05. The molecule has 0 atom stereocenters. The number of carbonyl (C=O) groups excluding carboxylic acids is 1. The number of hydrogen-bond donors (Lipinski definition) is 3. The number of amides is 1. The van der Waals surface area contributed by atoms with Crippen LogP contribution in [0.25, 0.3) is 5.76 Å². The van der Waals surface area contributed by atoms with E-state index in [-0.39, 0.29) is 22.1 Å². The van der Waals surface area contributed by atoms with E-state index in [2.05, 4.69) is 17.2 Å². The molecule has 0 unspecified atom stereocenters. The fraction of sp³-hybridized carbons (Fsp3) is 0.111. The maximum Gasteiger partial charge on any atom is 0.272 e. The molecule has 0 aliphatic heterocycles. The van der Waals surface area contributed by atoms with E-state index < -0.39 is 10.8 Å². The number of aliphatic hydroxyl groups excluding tert-OH is 1. The van der Waals surface area contributed by atoms with Crippen LogP contribution in [0.1, 0.15) is 27.0 Å². The third-order valence-electron chi connectivity index (χ3n) is 3.70. The van der Waals surface area contributed by atoms with Gasteiger partial charge in [-0.3, -0.25) is 20.2 Å². The number of hydrogen-bond acceptors (Lipinski definition) is 5. The average molecular weight is 371 g/mol. The first-order valence-electron chi connectivity index (χ1n) is 7.55. The zero-order chi connectivity index (χ0) is 19.4. The van der Waals surface area contributed by atoms with Crippen molar-refractivity contribution in [1.29, 1.82) is 0 Å². The molecule has 3 N–H and O–H groups in total. The Hall–Kier alpha value is -3.26. The number of nitrogens with zero attached hydrogens (tertiary/aromatic N) is 1. The van der Waals surface area contributed by atoms with Crippen LogP contribution >= 0.6 is 12.2 Å². The Kier molecular flexibility index (Phi) is 5.68. The number of thiocarbonyl (C=S) groups is 1. The Balaban J connectivity index is 2.12. The zero-order valence-electron chi connectivity index (χ0n) is 14.2. The molecule has 2 rings (SSSR count). The Bertz CT molecular complexity index is 925. The van der Waals surface area contributed by atoms with Crippen molar-refractivity contribution in [3.8, 4) is 0 Å². The van der Waals surface area contributed by atoms with E-state index in [4.69, 9.17) is 12.2 Å². The maximum atomic E-state index is 12.3. The molecule has 0 radical (unpaired) electrons. The third-order valence-corrected chi connectivity index (χ3v) is 3.91. The molecule has 0 aromatic heterocycles. The largest absolute Gasteiger partial charge is 0.508 e. The molecule has 1 amide bonds. The van der Waals surface area contributed by atoms with Gasteiger partial charge in [-0.05, 0) is 49.8 Å². The molecule has 8 heteroatoms. The zero-order valence-corrected chi connectivity index (χ0v) is 15.0. The summed E-state index contributed by atoms with van der Waals surface area (Å²) in [6, 6.07) is 9.23. The molecule has 26 heavy (non-hydrogen) atoms. The van der Waals surface area contributed by atoms with Crippen LogP contribution in [-0.2, 0) is 0 Å². The van der Waals surface area contributed by atoms with Crippen LogP contribution in [-0.4, -0.2) is 21.0 Å². The summed E-state index contributed by atoms with van der Waals surface area (Å²) in [6.45, 7) is 6.87. The molecule has 134 valence electrons. The van der Waals surface area contributed by atoms with Gasteiger partial charge in [0.15, 0.2) is 5.11 Å². The lowest BCUT2D eigenvalue weighted by Gasteiger charge is -2.13. The molecule has 0 heterocycles. The fourth-order valence-corrected chi connectivity index (χ4v) is 2.47. The summed E-state index contributed by atoms with van der Waals surface area (Å²) >= 11 is 5.14. The number of anilines is 1. The summed E-state index contributed by atoms with van der Waals surface area (Å²) in [4.78, 5) is 22.6. The molecule has 2 aromatic carbocycles. The normalized spacial score (nSPS) is 10.1. The van der Waals surface area contributed by atoms with E-state index in [1.807, 2.05) is 6.92 Å². The fourth-order valence-electron chi connectivity index (χ4n) is 2.27. The van der Waals surface area contributed by atoms with Crippen LogP contribution in [0.5, 0.6) is 0 Å². The van der Waals surface area contributed by atoms with E-state index in [9.17, 15) is 20.0 Å². The SMILES string of the molecule is C=C(O)c1ccc(C)c(NC(=S)NC(=O)c2ccc([N+](=O)[O-])c(C)c2)c1. The number of nitrogens with one attached hydrogen (secondary N) is 2. The van der Waals surface area contributed by atoms with Gasteiger partial charge in [0, 0.05) is 28.4 Å². The van der Waals surface area contributed by atoms with Gasteiger partial charge in [0.05, 0.1) is 4.92 Å². The van der Waals surface area contributed by atoms with Gasteiger partial charge >= 0.3 is 0 Å². The molecular weight excluding hydrogens is 354 g/mol. The quantitative estimate of drug-likeness (QED) is 0.326. The molecule has 7 nitrogen and oxygen atoms in total. The first-order chi connectivity index (χ1) is 12.2. The highest BCUT2D eigenvalue weighted by Gasteiger charge is 2.15. The molecule has 0 bridgehead atoms. The monoisotopic (exact) mass is 371 g/mol. The molecule has 0 fully saturated rings. The molecular formula is C18H17N3O4S. The van der Waals surface area contributed by atoms with Crippen molar-refractivity contribution in [2.45, 2.75) is 13.8 Å². The minimum Gasteiger partial charge on any atom is -0.508 e. The number of carbonyl (C=O) groups is 1. The minimum atomic E-state index is -0.506. The van der Waals surface area contributed by atoms with Crippen molar-refractivity contribution >= 4 is 40.4 Å². The van der Waals surface area contributed by atoms with Gasteiger partial charge in [-0.15, -0.1) is 0 Å². The third kappa shape index (κ3) is 4.42. The second-order valence-electron chi connectivity index (χ2n) is 5.64. The first-order valence-corrected chi connectivity index (χ1v) is 7.96. The summed E-state index contributed by atoms with van der Waals surface area (Å²) in [6.07, 6.45) is 0. The van der Waals surface area contributed by atoms with Crippen molar-refractivity contribution in [2.75, 3.05) is 5.32 Å². The van der Waals surface area contributed by atoms with Crippen LogP contribution in [0, 0.1) is 24.0 Å². The molecule has 0 aliphatic rings. The summed E-state index contributed by atoms with van der Waals surface area (Å²) in [5.41, 5.74) is 2.58. The predicted molar refractivity (Wildman–Crippen MR) is 104 cm³/mol. The first kappa shape index (κ1) is 19.1. The van der Waals surface area contributed by atoms with E-state index in [0.717, 1.165) is 5.56 Å². The van der Waals surface area contributed by atoms with Crippen LogP contribution in [0.3, 0.4) is 0 Å². The van der Waals surface area contributed by atoms with Crippen LogP contribution < -0.4 is 10.6 Å². The maximum absolute atomic E-state index is 12.3. The number of benzene rings is 2. The number of aliphatic hydroxyl groups is 1. The Morgan fingerprint density at radius 1 is 1.15 bits per heavy atom. The predicted octanol–water partition coefficient (Wildman–Crippen LogP) is 3.87. The van der Waals surface area contributed by atoms with Gasteiger partial charge in [0.1, 0.15) is 5.76 Å². The van der Waals surface area contributed by atoms with Crippen LogP contribution in [0.4, 0.5) is 11.4 Å².